The number of halogens is 1. The van der Waals surface area contributed by atoms with Gasteiger partial charge >= 0.3 is 0 Å². The number of phenols is 1. The molecule has 0 spiro atoms. The first-order valence-corrected chi connectivity index (χ1v) is 5.04. The van der Waals surface area contributed by atoms with Crippen molar-refractivity contribution in [3.8, 4) is 5.75 Å². The van der Waals surface area contributed by atoms with E-state index in [-0.39, 0.29) is 5.75 Å². The summed E-state index contributed by atoms with van der Waals surface area (Å²) in [5, 5.41) is 17.1. The predicted octanol–water partition coefficient (Wildman–Crippen LogP) is 1.77. The Morgan fingerprint density at radius 2 is 2.27 bits per heavy atom. The van der Waals surface area contributed by atoms with Crippen molar-refractivity contribution < 1.29 is 5.11 Å². The fourth-order valence-electron chi connectivity index (χ4n) is 1.32. The molecule has 0 amide bonds. The highest BCUT2D eigenvalue weighted by Crippen LogP contribution is 2.11. The molecule has 0 fully saturated rings. The normalized spacial score (nSPS) is 10.5. The maximum atomic E-state index is 9.28. The van der Waals surface area contributed by atoms with E-state index < -0.39 is 0 Å². The maximum Gasteiger partial charge on any atom is 0.115 e. The monoisotopic (exact) mass is 223 g/mol. The van der Waals surface area contributed by atoms with Crippen molar-refractivity contribution in [3.63, 3.8) is 0 Å². The van der Waals surface area contributed by atoms with Crippen molar-refractivity contribution in [2.75, 3.05) is 0 Å². The highest BCUT2D eigenvalue weighted by atomic mass is 35.5. The van der Waals surface area contributed by atoms with Gasteiger partial charge in [-0.2, -0.15) is 0 Å². The van der Waals surface area contributed by atoms with Gasteiger partial charge in [-0.25, -0.2) is 4.68 Å². The molecule has 1 N–H and O–H groups in total. The maximum absolute atomic E-state index is 9.28. The number of hydrogen-bond donors (Lipinski definition) is 1. The fraction of sp³-hybridized carbons (Fsp3) is 0.200. The molecular formula is C10H10ClN3O. The molecule has 0 saturated heterocycles. The molecule has 5 heteroatoms. The zero-order valence-electron chi connectivity index (χ0n) is 7.97. The summed E-state index contributed by atoms with van der Waals surface area (Å²) in [5.74, 6) is 0.616. The summed E-state index contributed by atoms with van der Waals surface area (Å²) in [5.41, 5.74) is 1.72. The lowest BCUT2D eigenvalue weighted by Gasteiger charge is -2.00. The van der Waals surface area contributed by atoms with Crippen molar-refractivity contribution >= 4 is 11.6 Å². The largest absolute Gasteiger partial charge is 0.508 e. The van der Waals surface area contributed by atoms with Crippen LogP contribution in [0.2, 0.25) is 0 Å². The Hall–Kier alpha value is -1.55. The minimum Gasteiger partial charge on any atom is -0.508 e. The Morgan fingerprint density at radius 1 is 1.40 bits per heavy atom. The van der Waals surface area contributed by atoms with Crippen molar-refractivity contribution in [1.29, 1.82) is 0 Å². The van der Waals surface area contributed by atoms with E-state index in [0.29, 0.717) is 12.4 Å². The van der Waals surface area contributed by atoms with Gasteiger partial charge in [0.1, 0.15) is 5.75 Å². The van der Waals surface area contributed by atoms with Crippen LogP contribution in [-0.2, 0) is 12.4 Å². The van der Waals surface area contributed by atoms with E-state index in [1.54, 1.807) is 29.1 Å². The lowest BCUT2D eigenvalue weighted by molar-refractivity contribution is 0.474. The van der Waals surface area contributed by atoms with E-state index in [9.17, 15) is 5.11 Å². The molecular weight excluding hydrogens is 214 g/mol. The topological polar surface area (TPSA) is 50.9 Å². The summed E-state index contributed by atoms with van der Waals surface area (Å²) in [7, 11) is 0. The first-order valence-electron chi connectivity index (χ1n) is 4.51. The second kappa shape index (κ2) is 4.31. The molecule has 0 bridgehead atoms. The second-order valence-electron chi connectivity index (χ2n) is 3.21. The van der Waals surface area contributed by atoms with Gasteiger partial charge < -0.3 is 5.11 Å². The first kappa shape index (κ1) is 9.98. The van der Waals surface area contributed by atoms with Crippen molar-refractivity contribution in [2.45, 2.75) is 12.4 Å². The molecule has 0 aliphatic heterocycles. The van der Waals surface area contributed by atoms with Crippen molar-refractivity contribution in [3.05, 3.63) is 41.7 Å². The third kappa shape index (κ3) is 2.47. The number of rotatable bonds is 3. The first-order chi connectivity index (χ1) is 7.28. The SMILES string of the molecule is Oc1cccc(Cn2cc(CCl)nn2)c1. The van der Waals surface area contributed by atoms with E-state index in [2.05, 4.69) is 10.3 Å². The van der Waals surface area contributed by atoms with Crippen LogP contribution in [0.3, 0.4) is 0 Å². The third-order valence-electron chi connectivity index (χ3n) is 1.98. The molecule has 0 unspecified atom stereocenters. The highest BCUT2D eigenvalue weighted by molar-refractivity contribution is 6.16. The van der Waals surface area contributed by atoms with Gasteiger partial charge in [-0.3, -0.25) is 0 Å². The summed E-state index contributed by atoms with van der Waals surface area (Å²) < 4.78 is 1.69. The molecule has 2 rings (SSSR count). The summed E-state index contributed by atoms with van der Waals surface area (Å²) in [6.45, 7) is 0.582. The van der Waals surface area contributed by atoms with Gasteiger partial charge in [-0.15, -0.1) is 16.7 Å². The molecule has 1 heterocycles. The van der Waals surface area contributed by atoms with Crippen LogP contribution < -0.4 is 0 Å². The van der Waals surface area contributed by atoms with Crippen molar-refractivity contribution in [2.24, 2.45) is 0 Å². The molecule has 0 atom stereocenters. The summed E-state index contributed by atoms with van der Waals surface area (Å²) in [4.78, 5) is 0. The van der Waals surface area contributed by atoms with Crippen LogP contribution in [0.15, 0.2) is 30.5 Å². The molecule has 0 saturated carbocycles. The van der Waals surface area contributed by atoms with Gasteiger partial charge in [0.2, 0.25) is 0 Å². The lowest BCUT2D eigenvalue weighted by atomic mass is 10.2. The smallest absolute Gasteiger partial charge is 0.115 e. The minimum absolute atomic E-state index is 0.255. The van der Waals surface area contributed by atoms with Crippen molar-refractivity contribution in [1.82, 2.24) is 15.0 Å². The van der Waals surface area contributed by atoms with Gasteiger partial charge in [0.05, 0.1) is 24.3 Å². The molecule has 1 aromatic carbocycles. The van der Waals surface area contributed by atoms with Crippen LogP contribution in [0.5, 0.6) is 5.75 Å². The predicted molar refractivity (Wildman–Crippen MR) is 56.8 cm³/mol. The van der Waals surface area contributed by atoms with Crippen LogP contribution in [-0.4, -0.2) is 20.1 Å². The van der Waals surface area contributed by atoms with Crippen LogP contribution in [0, 0.1) is 0 Å². The van der Waals surface area contributed by atoms with Crippen LogP contribution in [0.1, 0.15) is 11.3 Å². The van der Waals surface area contributed by atoms with Crippen LogP contribution >= 0.6 is 11.6 Å². The lowest BCUT2D eigenvalue weighted by Crippen LogP contribution is -1.99. The molecule has 1 aromatic heterocycles. The van der Waals surface area contributed by atoms with Gasteiger partial charge in [-0.1, -0.05) is 17.3 Å². The van der Waals surface area contributed by atoms with Gasteiger partial charge in [-0.05, 0) is 17.7 Å². The van der Waals surface area contributed by atoms with E-state index in [1.807, 2.05) is 6.07 Å². The van der Waals surface area contributed by atoms with Gasteiger partial charge in [0.15, 0.2) is 0 Å². The number of aromatic nitrogens is 3. The zero-order valence-corrected chi connectivity index (χ0v) is 8.72. The van der Waals surface area contributed by atoms with E-state index >= 15 is 0 Å². The van der Waals surface area contributed by atoms with Gasteiger partial charge in [0, 0.05) is 0 Å². The number of benzene rings is 1. The summed E-state index contributed by atoms with van der Waals surface area (Å²) in [6, 6.07) is 7.04. The Balaban J connectivity index is 2.14. The molecule has 2 aromatic rings. The highest BCUT2D eigenvalue weighted by Gasteiger charge is 2.00. The Kier molecular flexibility index (Phi) is 2.87. The standard InChI is InChI=1S/C10H10ClN3O/c11-5-9-7-14(13-12-9)6-8-2-1-3-10(15)4-8/h1-4,7,15H,5-6H2. The average Bonchev–Trinajstić information content (AvgIpc) is 2.65. The molecule has 0 aliphatic carbocycles. The quantitative estimate of drug-likeness (QED) is 0.807. The Labute approximate surface area is 92.1 Å². The number of hydrogen-bond acceptors (Lipinski definition) is 3. The summed E-state index contributed by atoms with van der Waals surface area (Å²) in [6.07, 6.45) is 1.79. The van der Waals surface area contributed by atoms with E-state index in [4.69, 9.17) is 11.6 Å². The Morgan fingerprint density at radius 3 is 2.93 bits per heavy atom. The average molecular weight is 224 g/mol. The minimum atomic E-state index is 0.255. The van der Waals surface area contributed by atoms with E-state index in [0.717, 1.165) is 11.3 Å². The molecule has 78 valence electrons. The van der Waals surface area contributed by atoms with Gasteiger partial charge in [0.25, 0.3) is 0 Å². The fourth-order valence-corrected chi connectivity index (χ4v) is 1.44. The number of nitrogens with zero attached hydrogens (tertiary/aromatic N) is 3. The molecule has 15 heavy (non-hydrogen) atoms. The number of aromatic hydroxyl groups is 1. The number of phenolic OH excluding ortho intramolecular Hbond substituents is 1. The second-order valence-corrected chi connectivity index (χ2v) is 3.48. The van der Waals surface area contributed by atoms with Crippen LogP contribution in [0.25, 0.3) is 0 Å². The molecule has 4 nitrogen and oxygen atoms in total. The third-order valence-corrected chi connectivity index (χ3v) is 2.25. The molecule has 0 radical (unpaired) electrons. The van der Waals surface area contributed by atoms with E-state index in [1.165, 1.54) is 0 Å². The summed E-state index contributed by atoms with van der Waals surface area (Å²) >= 11 is 5.61. The number of alkyl halides is 1. The zero-order chi connectivity index (χ0) is 10.7. The Bertz CT molecular complexity index is 455. The molecule has 0 aliphatic rings. The van der Waals surface area contributed by atoms with Crippen LogP contribution in [0.4, 0.5) is 0 Å².